The van der Waals surface area contributed by atoms with E-state index in [9.17, 15) is 14.0 Å². The third-order valence-corrected chi connectivity index (χ3v) is 4.68. The van der Waals surface area contributed by atoms with Crippen LogP contribution in [0.5, 0.6) is 0 Å². The molecule has 0 saturated heterocycles. The van der Waals surface area contributed by atoms with Crippen LogP contribution in [0.3, 0.4) is 0 Å². The minimum absolute atomic E-state index is 0.0252. The Labute approximate surface area is 165 Å². The van der Waals surface area contributed by atoms with Crippen molar-refractivity contribution in [3.05, 3.63) is 76.8 Å². The molecule has 1 aromatic heterocycles. The SMILES string of the molecule is O=C(Nc1ccc(Cl)c(C(=O)NC2CC2)c1)c1ccc(-c2ccccc2F)o1. The highest BCUT2D eigenvalue weighted by Gasteiger charge is 2.25. The van der Waals surface area contributed by atoms with Crippen LogP contribution < -0.4 is 10.6 Å². The lowest BCUT2D eigenvalue weighted by atomic mass is 10.1. The quantitative estimate of drug-likeness (QED) is 0.643. The minimum atomic E-state index is -0.515. The Morgan fingerprint density at radius 3 is 2.57 bits per heavy atom. The minimum Gasteiger partial charge on any atom is -0.451 e. The van der Waals surface area contributed by atoms with Crippen molar-refractivity contribution in [1.29, 1.82) is 0 Å². The normalized spacial score (nSPS) is 13.2. The highest BCUT2D eigenvalue weighted by atomic mass is 35.5. The first-order valence-electron chi connectivity index (χ1n) is 8.78. The molecular weight excluding hydrogens is 383 g/mol. The first kappa shape index (κ1) is 18.3. The van der Waals surface area contributed by atoms with Gasteiger partial charge >= 0.3 is 0 Å². The first-order chi connectivity index (χ1) is 13.5. The van der Waals surface area contributed by atoms with Gasteiger partial charge in [-0.05, 0) is 55.3 Å². The zero-order chi connectivity index (χ0) is 19.7. The number of furan rings is 1. The molecule has 142 valence electrons. The van der Waals surface area contributed by atoms with Crippen molar-refractivity contribution in [3.8, 4) is 11.3 Å². The summed E-state index contributed by atoms with van der Waals surface area (Å²) in [5.41, 5.74) is 0.962. The van der Waals surface area contributed by atoms with Crippen molar-refractivity contribution >= 4 is 29.1 Å². The van der Waals surface area contributed by atoms with E-state index in [1.165, 1.54) is 24.3 Å². The van der Waals surface area contributed by atoms with Gasteiger partial charge in [-0.1, -0.05) is 23.7 Å². The van der Waals surface area contributed by atoms with Gasteiger partial charge in [0.15, 0.2) is 5.76 Å². The summed E-state index contributed by atoms with van der Waals surface area (Å²) in [5.74, 6) is -0.948. The van der Waals surface area contributed by atoms with E-state index in [0.717, 1.165) is 12.8 Å². The van der Waals surface area contributed by atoms with Crippen LogP contribution in [-0.2, 0) is 0 Å². The van der Waals surface area contributed by atoms with Crippen molar-refractivity contribution in [2.75, 3.05) is 5.32 Å². The second kappa shape index (κ2) is 7.48. The van der Waals surface area contributed by atoms with Crippen molar-refractivity contribution in [3.63, 3.8) is 0 Å². The van der Waals surface area contributed by atoms with Crippen LogP contribution in [0, 0.1) is 5.82 Å². The Morgan fingerprint density at radius 2 is 1.82 bits per heavy atom. The summed E-state index contributed by atoms with van der Waals surface area (Å²) in [7, 11) is 0. The van der Waals surface area contributed by atoms with Gasteiger partial charge in [-0.2, -0.15) is 0 Å². The molecule has 0 unspecified atom stereocenters. The predicted octanol–water partition coefficient (Wildman–Crippen LogP) is 4.88. The molecule has 0 aliphatic heterocycles. The van der Waals surface area contributed by atoms with E-state index in [0.29, 0.717) is 10.7 Å². The Morgan fingerprint density at radius 1 is 1.04 bits per heavy atom. The maximum Gasteiger partial charge on any atom is 0.291 e. The van der Waals surface area contributed by atoms with E-state index in [1.54, 1.807) is 30.3 Å². The van der Waals surface area contributed by atoms with Gasteiger partial charge in [-0.25, -0.2) is 4.39 Å². The lowest BCUT2D eigenvalue weighted by Gasteiger charge is -2.09. The highest BCUT2D eigenvalue weighted by molar-refractivity contribution is 6.34. The molecule has 3 aromatic rings. The molecule has 1 aliphatic carbocycles. The average Bonchev–Trinajstić information content (AvgIpc) is 3.35. The predicted molar refractivity (Wildman–Crippen MR) is 104 cm³/mol. The lowest BCUT2D eigenvalue weighted by Crippen LogP contribution is -2.25. The van der Waals surface area contributed by atoms with E-state index in [-0.39, 0.29) is 34.6 Å². The maximum atomic E-state index is 13.9. The van der Waals surface area contributed by atoms with Gasteiger partial charge in [0, 0.05) is 11.7 Å². The standard InChI is InChI=1S/C21H16ClFN2O3/c22-16-8-7-13(11-15(16)20(26)24-12-5-6-12)25-21(27)19-10-9-18(28-19)14-3-1-2-4-17(14)23/h1-4,7-12H,5-6H2,(H,24,26)(H,25,27). The highest BCUT2D eigenvalue weighted by Crippen LogP contribution is 2.26. The summed E-state index contributed by atoms with van der Waals surface area (Å²) in [6.45, 7) is 0. The van der Waals surface area contributed by atoms with Gasteiger partial charge in [-0.3, -0.25) is 9.59 Å². The third-order valence-electron chi connectivity index (χ3n) is 4.35. The van der Waals surface area contributed by atoms with Crippen LogP contribution in [0.1, 0.15) is 33.8 Å². The van der Waals surface area contributed by atoms with E-state index in [2.05, 4.69) is 10.6 Å². The summed E-state index contributed by atoms with van der Waals surface area (Å²) in [4.78, 5) is 24.7. The molecule has 2 amide bonds. The number of amides is 2. The molecule has 1 aliphatic rings. The molecule has 1 heterocycles. The van der Waals surface area contributed by atoms with Gasteiger partial charge in [0.2, 0.25) is 0 Å². The van der Waals surface area contributed by atoms with Crippen LogP contribution in [0.25, 0.3) is 11.3 Å². The number of carbonyl (C=O) groups is 2. The zero-order valence-electron chi connectivity index (χ0n) is 14.7. The average molecular weight is 399 g/mol. The van der Waals surface area contributed by atoms with Crippen LogP contribution in [0.15, 0.2) is 59.0 Å². The Kier molecular flexibility index (Phi) is 4.88. The third kappa shape index (κ3) is 3.92. The summed E-state index contributed by atoms with van der Waals surface area (Å²) < 4.78 is 19.4. The zero-order valence-corrected chi connectivity index (χ0v) is 15.4. The van der Waals surface area contributed by atoms with Crippen LogP contribution in [0.2, 0.25) is 5.02 Å². The maximum absolute atomic E-state index is 13.9. The molecule has 4 rings (SSSR count). The van der Waals surface area contributed by atoms with Gasteiger partial charge in [0.1, 0.15) is 11.6 Å². The molecule has 0 atom stereocenters. The number of rotatable bonds is 5. The monoisotopic (exact) mass is 398 g/mol. The molecule has 1 saturated carbocycles. The molecule has 0 radical (unpaired) electrons. The van der Waals surface area contributed by atoms with Crippen molar-refractivity contribution in [1.82, 2.24) is 5.32 Å². The summed E-state index contributed by atoms with van der Waals surface area (Å²) in [6.07, 6.45) is 1.92. The largest absolute Gasteiger partial charge is 0.451 e. The molecule has 0 spiro atoms. The van der Waals surface area contributed by atoms with Crippen LogP contribution in [-0.4, -0.2) is 17.9 Å². The number of hydrogen-bond donors (Lipinski definition) is 2. The number of nitrogens with one attached hydrogen (secondary N) is 2. The molecule has 2 aromatic carbocycles. The van der Waals surface area contributed by atoms with Crippen molar-refractivity contribution in [2.24, 2.45) is 0 Å². The fraction of sp³-hybridized carbons (Fsp3) is 0.143. The fourth-order valence-electron chi connectivity index (χ4n) is 2.73. The van der Waals surface area contributed by atoms with Gasteiger partial charge in [-0.15, -0.1) is 0 Å². The lowest BCUT2D eigenvalue weighted by molar-refractivity contribution is 0.0949. The number of benzene rings is 2. The molecule has 5 nitrogen and oxygen atoms in total. The first-order valence-corrected chi connectivity index (χ1v) is 9.15. The molecular formula is C21H16ClFN2O3. The van der Waals surface area contributed by atoms with E-state index in [1.807, 2.05) is 0 Å². The smallest absolute Gasteiger partial charge is 0.291 e. The van der Waals surface area contributed by atoms with Gasteiger partial charge in [0.25, 0.3) is 11.8 Å². The topological polar surface area (TPSA) is 71.3 Å². The Hall–Kier alpha value is -3.12. The Bertz CT molecular complexity index is 1060. The number of anilines is 1. The van der Waals surface area contributed by atoms with Crippen LogP contribution >= 0.6 is 11.6 Å². The summed E-state index contributed by atoms with van der Waals surface area (Å²) in [5, 5.41) is 5.83. The molecule has 28 heavy (non-hydrogen) atoms. The van der Waals surface area contributed by atoms with Crippen molar-refractivity contribution < 1.29 is 18.4 Å². The summed E-state index contributed by atoms with van der Waals surface area (Å²) >= 11 is 6.11. The molecule has 7 heteroatoms. The molecule has 2 N–H and O–H groups in total. The van der Waals surface area contributed by atoms with Gasteiger partial charge in [0.05, 0.1) is 16.1 Å². The second-order valence-electron chi connectivity index (χ2n) is 6.54. The van der Waals surface area contributed by atoms with Crippen molar-refractivity contribution in [2.45, 2.75) is 18.9 Å². The van der Waals surface area contributed by atoms with E-state index >= 15 is 0 Å². The van der Waals surface area contributed by atoms with E-state index < -0.39 is 11.7 Å². The van der Waals surface area contributed by atoms with E-state index in [4.69, 9.17) is 16.0 Å². The van der Waals surface area contributed by atoms with Gasteiger partial charge < -0.3 is 15.1 Å². The number of halogens is 2. The summed E-state index contributed by atoms with van der Waals surface area (Å²) in [6, 6.07) is 14.0. The van der Waals surface area contributed by atoms with Crippen LogP contribution in [0.4, 0.5) is 10.1 Å². The molecule has 0 bridgehead atoms. The fourth-order valence-corrected chi connectivity index (χ4v) is 2.93. The Balaban J connectivity index is 1.51. The molecule has 1 fully saturated rings. The number of carbonyl (C=O) groups excluding carboxylic acids is 2. The number of hydrogen-bond acceptors (Lipinski definition) is 3. The second-order valence-corrected chi connectivity index (χ2v) is 6.95.